The number of carbonyl (C=O) groups excluding carboxylic acids is 1. The molecule has 0 bridgehead atoms. The van der Waals surface area contributed by atoms with E-state index in [0.29, 0.717) is 23.1 Å². The van der Waals surface area contributed by atoms with Crippen LogP contribution < -0.4 is 15.4 Å². The van der Waals surface area contributed by atoms with Gasteiger partial charge < -0.3 is 20.1 Å². The van der Waals surface area contributed by atoms with Crippen molar-refractivity contribution in [2.45, 2.75) is 0 Å². The number of aromatic nitrogens is 2. The Morgan fingerprint density at radius 3 is 2.76 bits per heavy atom. The average Bonchev–Trinajstić information content (AvgIpc) is 3.25. The lowest BCUT2D eigenvalue weighted by atomic mass is 10.1. The smallest absolute Gasteiger partial charge is 0.243 e. The monoisotopic (exact) mass is 487 g/mol. The molecule has 1 amide bonds. The van der Waals surface area contributed by atoms with Crippen molar-refractivity contribution in [3.05, 3.63) is 59.5 Å². The number of halogens is 2. The van der Waals surface area contributed by atoms with Crippen molar-refractivity contribution >= 4 is 28.9 Å². The number of amides is 1. The van der Waals surface area contributed by atoms with Gasteiger partial charge in [-0.3, -0.25) is 14.4 Å². The fourth-order valence-electron chi connectivity index (χ4n) is 3.69. The number of hydrogen-bond acceptors (Lipinski definition) is 6. The maximum Gasteiger partial charge on any atom is 0.243 e. The van der Waals surface area contributed by atoms with E-state index in [-0.39, 0.29) is 18.1 Å². The number of rotatable bonds is 9. The maximum absolute atomic E-state index is 13.9. The molecule has 0 radical (unpaired) electrons. The van der Waals surface area contributed by atoms with Crippen LogP contribution in [-0.2, 0) is 16.6 Å². The molecule has 34 heavy (non-hydrogen) atoms. The van der Waals surface area contributed by atoms with Crippen LogP contribution in [0.3, 0.4) is 0 Å². The van der Waals surface area contributed by atoms with Crippen LogP contribution in [0.2, 0.25) is 5.02 Å². The molecule has 180 valence electrons. The van der Waals surface area contributed by atoms with Crippen LogP contribution in [0.4, 0.5) is 15.8 Å². The van der Waals surface area contributed by atoms with Crippen molar-refractivity contribution in [2.24, 2.45) is 7.05 Å². The van der Waals surface area contributed by atoms with Crippen LogP contribution in [0.5, 0.6) is 5.75 Å². The second-order valence-corrected chi connectivity index (χ2v) is 8.32. The summed E-state index contributed by atoms with van der Waals surface area (Å²) in [5.74, 6) is -0.125. The number of morpholine rings is 1. The highest BCUT2D eigenvalue weighted by molar-refractivity contribution is 6.30. The molecule has 4 rings (SSSR count). The Balaban J connectivity index is 1.42. The number of nitrogens with zero attached hydrogens (tertiary/aromatic N) is 3. The first kappa shape index (κ1) is 24.0. The summed E-state index contributed by atoms with van der Waals surface area (Å²) in [6.07, 6.45) is 1.71. The largest absolute Gasteiger partial charge is 0.492 e. The van der Waals surface area contributed by atoms with Crippen molar-refractivity contribution in [1.29, 1.82) is 0 Å². The lowest BCUT2D eigenvalue weighted by molar-refractivity contribution is -0.114. The zero-order valence-electron chi connectivity index (χ0n) is 18.9. The molecule has 0 saturated carbocycles. The molecular formula is C24H27ClFN5O3. The predicted molar refractivity (Wildman–Crippen MR) is 130 cm³/mol. The summed E-state index contributed by atoms with van der Waals surface area (Å²) < 4.78 is 27.2. The van der Waals surface area contributed by atoms with Crippen LogP contribution in [0.15, 0.2) is 48.7 Å². The maximum atomic E-state index is 13.9. The van der Waals surface area contributed by atoms with Gasteiger partial charge in [0.15, 0.2) is 0 Å². The molecule has 0 spiro atoms. The number of anilines is 2. The van der Waals surface area contributed by atoms with Gasteiger partial charge >= 0.3 is 0 Å². The molecule has 1 saturated heterocycles. The van der Waals surface area contributed by atoms with E-state index >= 15 is 0 Å². The molecule has 3 aromatic rings. The van der Waals surface area contributed by atoms with Gasteiger partial charge in [-0.05, 0) is 42.5 Å². The Morgan fingerprint density at radius 2 is 2.03 bits per heavy atom. The summed E-state index contributed by atoms with van der Waals surface area (Å²) >= 11 is 5.77. The fraction of sp³-hybridized carbons (Fsp3) is 0.333. The molecule has 1 aromatic heterocycles. The first-order valence-electron chi connectivity index (χ1n) is 11.0. The van der Waals surface area contributed by atoms with Crippen LogP contribution in [0.25, 0.3) is 11.3 Å². The molecule has 0 atom stereocenters. The highest BCUT2D eigenvalue weighted by Gasteiger charge is 2.15. The Hall–Kier alpha value is -3.14. The third-order valence-corrected chi connectivity index (χ3v) is 5.73. The van der Waals surface area contributed by atoms with Gasteiger partial charge in [0.05, 0.1) is 31.1 Å². The van der Waals surface area contributed by atoms with Gasteiger partial charge in [0.1, 0.15) is 18.2 Å². The van der Waals surface area contributed by atoms with Crippen molar-refractivity contribution in [2.75, 3.05) is 56.6 Å². The molecule has 0 unspecified atom stereocenters. The Bertz CT molecular complexity index is 1130. The zero-order chi connectivity index (χ0) is 23.9. The second-order valence-electron chi connectivity index (χ2n) is 7.88. The van der Waals surface area contributed by atoms with Crippen molar-refractivity contribution in [1.82, 2.24) is 14.7 Å². The second kappa shape index (κ2) is 11.3. The molecule has 2 N–H and O–H groups in total. The molecule has 1 aliphatic heterocycles. The fourth-order valence-corrected chi connectivity index (χ4v) is 3.85. The van der Waals surface area contributed by atoms with Gasteiger partial charge in [-0.2, -0.15) is 5.10 Å². The van der Waals surface area contributed by atoms with Crippen molar-refractivity contribution in [3.63, 3.8) is 0 Å². The zero-order valence-corrected chi connectivity index (χ0v) is 19.6. The summed E-state index contributed by atoms with van der Waals surface area (Å²) in [6, 6.07) is 11.6. The van der Waals surface area contributed by atoms with Crippen molar-refractivity contribution < 1.29 is 18.7 Å². The highest BCUT2D eigenvalue weighted by Crippen LogP contribution is 2.32. The Morgan fingerprint density at radius 1 is 1.21 bits per heavy atom. The van der Waals surface area contributed by atoms with E-state index in [4.69, 9.17) is 21.1 Å². The normalized spacial score (nSPS) is 14.1. The average molecular weight is 488 g/mol. The van der Waals surface area contributed by atoms with Gasteiger partial charge in [-0.1, -0.05) is 11.6 Å². The van der Waals surface area contributed by atoms with E-state index in [1.54, 1.807) is 23.0 Å². The van der Waals surface area contributed by atoms with Crippen LogP contribution in [0.1, 0.15) is 0 Å². The molecule has 8 nitrogen and oxygen atoms in total. The summed E-state index contributed by atoms with van der Waals surface area (Å²) in [4.78, 5) is 14.8. The van der Waals surface area contributed by atoms with E-state index in [2.05, 4.69) is 20.6 Å². The topological polar surface area (TPSA) is 80.7 Å². The van der Waals surface area contributed by atoms with Crippen LogP contribution in [-0.4, -0.2) is 66.6 Å². The molecule has 2 aromatic carbocycles. The van der Waals surface area contributed by atoms with Crippen LogP contribution >= 0.6 is 11.6 Å². The Labute approximate surface area is 202 Å². The summed E-state index contributed by atoms with van der Waals surface area (Å²) in [6.45, 7) is 4.53. The number of aryl methyl sites for hydroxylation is 1. The van der Waals surface area contributed by atoms with Gasteiger partial charge in [0.2, 0.25) is 5.91 Å². The highest BCUT2D eigenvalue weighted by atomic mass is 35.5. The molecule has 1 fully saturated rings. The molecule has 2 heterocycles. The van der Waals surface area contributed by atoms with Gasteiger partial charge in [0.25, 0.3) is 0 Å². The minimum Gasteiger partial charge on any atom is -0.492 e. The molecule has 1 aliphatic rings. The Kier molecular flexibility index (Phi) is 7.99. The number of carbonyl (C=O) groups is 1. The predicted octanol–water partition coefficient (Wildman–Crippen LogP) is 3.64. The number of nitrogens with one attached hydrogen (secondary N) is 2. The first-order chi connectivity index (χ1) is 16.5. The number of ether oxygens (including phenoxy) is 2. The van der Waals surface area contributed by atoms with Gasteiger partial charge in [0, 0.05) is 49.2 Å². The standard InChI is InChI=1S/C24H27ClFN5O3/c1-30-22(6-7-28-30)19-15-18(3-5-23(19)34-13-10-31-8-11-33-12-9-31)29-24(32)16-27-21-4-2-17(25)14-20(21)26/h2-7,14-15,27H,8-13,16H2,1H3,(H,29,32). The minimum absolute atomic E-state index is 0.0998. The van der Waals surface area contributed by atoms with E-state index < -0.39 is 5.82 Å². The molecule has 10 heteroatoms. The van der Waals surface area contributed by atoms with E-state index in [1.807, 2.05) is 25.2 Å². The van der Waals surface area contributed by atoms with Crippen molar-refractivity contribution in [3.8, 4) is 17.0 Å². The first-order valence-corrected chi connectivity index (χ1v) is 11.4. The quantitative estimate of drug-likeness (QED) is 0.479. The van der Waals surface area contributed by atoms with E-state index in [9.17, 15) is 9.18 Å². The SMILES string of the molecule is Cn1nccc1-c1cc(NC(=O)CNc2ccc(Cl)cc2F)ccc1OCCN1CCOCC1. The van der Waals surface area contributed by atoms with Gasteiger partial charge in [-0.15, -0.1) is 0 Å². The summed E-state index contributed by atoms with van der Waals surface area (Å²) in [5, 5.41) is 10.2. The summed E-state index contributed by atoms with van der Waals surface area (Å²) in [7, 11) is 1.85. The van der Waals surface area contributed by atoms with E-state index in [1.165, 1.54) is 12.1 Å². The number of hydrogen-bond donors (Lipinski definition) is 2. The lowest BCUT2D eigenvalue weighted by Crippen LogP contribution is -2.38. The molecule has 0 aliphatic carbocycles. The summed E-state index contributed by atoms with van der Waals surface area (Å²) in [5.41, 5.74) is 2.48. The number of benzene rings is 2. The third-order valence-electron chi connectivity index (χ3n) is 5.50. The van der Waals surface area contributed by atoms with Crippen LogP contribution in [0, 0.1) is 5.82 Å². The van der Waals surface area contributed by atoms with Gasteiger partial charge in [-0.25, -0.2) is 4.39 Å². The molecular weight excluding hydrogens is 461 g/mol. The minimum atomic E-state index is -0.516. The van der Waals surface area contributed by atoms with E-state index in [0.717, 1.165) is 44.1 Å². The lowest BCUT2D eigenvalue weighted by Gasteiger charge is -2.26. The third kappa shape index (κ3) is 6.25.